The van der Waals surface area contributed by atoms with Crippen LogP contribution in [0.1, 0.15) is 37.4 Å². The number of guanidine groups is 1. The average molecular weight is 453 g/mol. The van der Waals surface area contributed by atoms with Gasteiger partial charge in [0.15, 0.2) is 5.96 Å². The fourth-order valence-electron chi connectivity index (χ4n) is 2.31. The number of hydrogen-bond donors (Lipinski definition) is 2. The lowest BCUT2D eigenvalue weighted by Gasteiger charge is -2.30. The van der Waals surface area contributed by atoms with E-state index in [0.29, 0.717) is 6.04 Å². The number of ether oxygens (including phenoxy) is 1. The maximum atomic E-state index is 5.57. The van der Waals surface area contributed by atoms with Gasteiger partial charge in [0, 0.05) is 42.9 Å². The number of nitrogens with one attached hydrogen (secondary N) is 2. The van der Waals surface area contributed by atoms with E-state index in [1.807, 2.05) is 11.3 Å². The molecule has 23 heavy (non-hydrogen) atoms. The first kappa shape index (κ1) is 22.7. The van der Waals surface area contributed by atoms with Crippen LogP contribution in [-0.4, -0.2) is 38.8 Å². The number of aryl methyl sites for hydroxylation is 1. The second-order valence-corrected chi connectivity index (χ2v) is 8.18. The molecule has 0 aliphatic rings. The zero-order valence-electron chi connectivity index (χ0n) is 15.4. The van der Waals surface area contributed by atoms with Crippen LogP contribution in [0.25, 0.3) is 0 Å². The van der Waals surface area contributed by atoms with Crippen LogP contribution in [0.15, 0.2) is 17.1 Å². The number of hydrogen-bond acceptors (Lipinski definition) is 3. The van der Waals surface area contributed by atoms with E-state index in [-0.39, 0.29) is 35.5 Å². The van der Waals surface area contributed by atoms with Crippen molar-refractivity contribution in [2.75, 3.05) is 20.7 Å². The van der Waals surface area contributed by atoms with Crippen molar-refractivity contribution in [2.45, 2.75) is 53.2 Å². The van der Waals surface area contributed by atoms with Crippen molar-refractivity contribution in [1.82, 2.24) is 10.6 Å². The number of aliphatic imine (C=N–C) groups is 1. The zero-order valence-corrected chi connectivity index (χ0v) is 18.5. The second kappa shape index (κ2) is 10.5. The minimum Gasteiger partial charge on any atom is -0.379 e. The molecule has 2 atom stereocenters. The minimum absolute atomic E-state index is 0. The van der Waals surface area contributed by atoms with Gasteiger partial charge in [-0.3, -0.25) is 4.99 Å². The van der Waals surface area contributed by atoms with Crippen molar-refractivity contribution in [1.29, 1.82) is 0 Å². The molecule has 0 fully saturated rings. The molecule has 6 heteroatoms. The molecule has 1 aromatic rings. The van der Waals surface area contributed by atoms with Crippen LogP contribution in [0.5, 0.6) is 0 Å². The molecule has 0 spiro atoms. The van der Waals surface area contributed by atoms with Crippen LogP contribution in [-0.2, 0) is 11.2 Å². The van der Waals surface area contributed by atoms with E-state index in [1.165, 1.54) is 9.75 Å². The fraction of sp³-hybridized carbons (Fsp3) is 0.706. The lowest BCUT2D eigenvalue weighted by Crippen LogP contribution is -2.48. The van der Waals surface area contributed by atoms with Gasteiger partial charge in [0.05, 0.1) is 6.10 Å². The maximum Gasteiger partial charge on any atom is 0.191 e. The van der Waals surface area contributed by atoms with E-state index in [0.717, 1.165) is 18.9 Å². The van der Waals surface area contributed by atoms with Crippen molar-refractivity contribution in [3.63, 3.8) is 0 Å². The molecule has 4 nitrogen and oxygen atoms in total. The van der Waals surface area contributed by atoms with Crippen LogP contribution in [0.2, 0.25) is 0 Å². The molecule has 1 rings (SSSR count). The fourth-order valence-corrected chi connectivity index (χ4v) is 3.33. The van der Waals surface area contributed by atoms with E-state index >= 15 is 0 Å². The second-order valence-electron chi connectivity index (χ2n) is 6.81. The Balaban J connectivity index is 0.00000484. The lowest BCUT2D eigenvalue weighted by molar-refractivity contribution is 0.0205. The third kappa shape index (κ3) is 8.35. The number of methoxy groups -OCH3 is 1. The van der Waals surface area contributed by atoms with Crippen molar-refractivity contribution in [2.24, 2.45) is 10.4 Å². The largest absolute Gasteiger partial charge is 0.379 e. The first-order valence-electron chi connectivity index (χ1n) is 7.81. The third-order valence-corrected chi connectivity index (χ3v) is 4.64. The van der Waals surface area contributed by atoms with Crippen LogP contribution in [0, 0.1) is 12.3 Å². The van der Waals surface area contributed by atoms with Gasteiger partial charge in [-0.2, -0.15) is 0 Å². The van der Waals surface area contributed by atoms with Gasteiger partial charge in [-0.05, 0) is 31.4 Å². The standard InChI is InChI=1S/C17H31N3OS.HI/c1-12(10-14-9-8-13(2)22-14)20-16(18-6)19-11-15(21-7)17(3,4)5;/h8-9,12,15H,10-11H2,1-7H3,(H2,18,19,20);1H. The molecule has 2 N–H and O–H groups in total. The number of thiophene rings is 1. The van der Waals surface area contributed by atoms with Gasteiger partial charge < -0.3 is 15.4 Å². The monoisotopic (exact) mass is 453 g/mol. The molecule has 0 aromatic carbocycles. The van der Waals surface area contributed by atoms with Crippen molar-refractivity contribution < 1.29 is 4.74 Å². The van der Waals surface area contributed by atoms with E-state index in [4.69, 9.17) is 4.74 Å². The highest BCUT2D eigenvalue weighted by Gasteiger charge is 2.24. The van der Waals surface area contributed by atoms with Crippen molar-refractivity contribution >= 4 is 41.3 Å². The van der Waals surface area contributed by atoms with Crippen molar-refractivity contribution in [3.8, 4) is 0 Å². The van der Waals surface area contributed by atoms with E-state index in [2.05, 4.69) is 62.4 Å². The van der Waals surface area contributed by atoms with Crippen LogP contribution >= 0.6 is 35.3 Å². The zero-order chi connectivity index (χ0) is 16.8. The predicted octanol–water partition coefficient (Wildman–Crippen LogP) is 3.83. The summed E-state index contributed by atoms with van der Waals surface area (Å²) in [6.07, 6.45) is 1.15. The molecule has 1 aromatic heterocycles. The number of rotatable bonds is 6. The van der Waals surface area contributed by atoms with E-state index < -0.39 is 0 Å². The normalized spacial score (nSPS) is 14.8. The Morgan fingerprint density at radius 3 is 2.43 bits per heavy atom. The molecule has 0 aliphatic carbocycles. The van der Waals surface area contributed by atoms with Gasteiger partial charge in [-0.25, -0.2) is 0 Å². The number of halogens is 1. The molecule has 0 saturated heterocycles. The minimum atomic E-state index is 0. The van der Waals surface area contributed by atoms with Gasteiger partial charge in [-0.15, -0.1) is 35.3 Å². The Labute approximate surface area is 162 Å². The molecular formula is C17H32IN3OS. The molecule has 0 bridgehead atoms. The summed E-state index contributed by atoms with van der Waals surface area (Å²) in [7, 11) is 3.56. The first-order valence-corrected chi connectivity index (χ1v) is 8.63. The molecule has 2 unspecified atom stereocenters. The summed E-state index contributed by atoms with van der Waals surface area (Å²) in [5.41, 5.74) is 0.0979. The summed E-state index contributed by atoms with van der Waals surface area (Å²) in [6, 6.07) is 4.71. The smallest absolute Gasteiger partial charge is 0.191 e. The number of nitrogens with zero attached hydrogens (tertiary/aromatic N) is 1. The van der Waals surface area contributed by atoms with Gasteiger partial charge >= 0.3 is 0 Å². The van der Waals surface area contributed by atoms with Gasteiger partial charge in [0.2, 0.25) is 0 Å². The highest BCUT2D eigenvalue weighted by molar-refractivity contribution is 14.0. The summed E-state index contributed by atoms with van der Waals surface area (Å²) < 4.78 is 5.57. The van der Waals surface area contributed by atoms with Crippen LogP contribution < -0.4 is 10.6 Å². The summed E-state index contributed by atoms with van der Waals surface area (Å²) >= 11 is 1.86. The Morgan fingerprint density at radius 1 is 1.35 bits per heavy atom. The highest BCUT2D eigenvalue weighted by atomic mass is 127. The lowest BCUT2D eigenvalue weighted by atomic mass is 9.89. The van der Waals surface area contributed by atoms with E-state index in [1.54, 1.807) is 14.2 Å². The molecule has 1 heterocycles. The Bertz CT molecular complexity index is 482. The SMILES string of the molecule is CN=C(NCC(OC)C(C)(C)C)NC(C)Cc1ccc(C)s1.I. The average Bonchev–Trinajstić information content (AvgIpc) is 2.81. The summed E-state index contributed by atoms with van der Waals surface area (Å²) in [6.45, 7) is 11.6. The maximum absolute atomic E-state index is 5.57. The van der Waals surface area contributed by atoms with Crippen LogP contribution in [0.4, 0.5) is 0 Å². The quantitative estimate of drug-likeness (QED) is 0.391. The molecule has 0 amide bonds. The molecule has 134 valence electrons. The first-order chi connectivity index (χ1) is 10.3. The highest BCUT2D eigenvalue weighted by Crippen LogP contribution is 2.21. The molecule has 0 aliphatic heterocycles. The Hall–Kier alpha value is -0.340. The topological polar surface area (TPSA) is 45.7 Å². The molecular weight excluding hydrogens is 421 g/mol. The summed E-state index contributed by atoms with van der Waals surface area (Å²) in [5.74, 6) is 0.826. The Kier molecular flexibility index (Phi) is 10.4. The third-order valence-electron chi connectivity index (χ3n) is 3.62. The summed E-state index contributed by atoms with van der Waals surface area (Å²) in [4.78, 5) is 7.06. The molecule has 0 saturated carbocycles. The van der Waals surface area contributed by atoms with E-state index in [9.17, 15) is 0 Å². The van der Waals surface area contributed by atoms with Crippen LogP contribution in [0.3, 0.4) is 0 Å². The predicted molar refractivity (Wildman–Crippen MR) is 112 cm³/mol. The summed E-state index contributed by atoms with van der Waals surface area (Å²) in [5, 5.41) is 6.81. The van der Waals surface area contributed by atoms with Gasteiger partial charge in [0.25, 0.3) is 0 Å². The van der Waals surface area contributed by atoms with Gasteiger partial charge in [-0.1, -0.05) is 20.8 Å². The molecule has 0 radical (unpaired) electrons. The van der Waals surface area contributed by atoms with Gasteiger partial charge in [0.1, 0.15) is 0 Å². The van der Waals surface area contributed by atoms with Crippen molar-refractivity contribution in [3.05, 3.63) is 21.9 Å². The Morgan fingerprint density at radius 2 is 2.00 bits per heavy atom.